The number of halogens is 1. The molecule has 30 heavy (non-hydrogen) atoms. The maximum Gasteiger partial charge on any atom is 0.234 e. The Hall–Kier alpha value is -2.52. The van der Waals surface area contributed by atoms with E-state index in [4.69, 9.17) is 9.47 Å². The molecule has 0 radical (unpaired) electrons. The highest BCUT2D eigenvalue weighted by Gasteiger charge is 2.15. The van der Waals surface area contributed by atoms with Gasteiger partial charge in [0.25, 0.3) is 0 Å². The first-order chi connectivity index (χ1) is 14.5. The SMILES string of the molecule is CCn1c(COc2ccc(C)cc2OC)nnc1SCC(=O)Nc1cccc(Br)c1. The first-order valence-electron chi connectivity index (χ1n) is 9.38. The molecule has 1 aromatic heterocycles. The Morgan fingerprint density at radius 2 is 2.03 bits per heavy atom. The number of aromatic nitrogens is 3. The summed E-state index contributed by atoms with van der Waals surface area (Å²) in [6.45, 7) is 4.93. The van der Waals surface area contributed by atoms with Crippen molar-refractivity contribution < 1.29 is 14.3 Å². The lowest BCUT2D eigenvalue weighted by molar-refractivity contribution is -0.113. The Bertz CT molecular complexity index is 1030. The lowest BCUT2D eigenvalue weighted by atomic mass is 10.2. The van der Waals surface area contributed by atoms with Gasteiger partial charge in [-0.05, 0) is 49.7 Å². The van der Waals surface area contributed by atoms with Crippen LogP contribution in [0.3, 0.4) is 0 Å². The number of anilines is 1. The van der Waals surface area contributed by atoms with Crippen molar-refractivity contribution in [3.8, 4) is 11.5 Å². The van der Waals surface area contributed by atoms with E-state index < -0.39 is 0 Å². The number of nitrogens with one attached hydrogen (secondary N) is 1. The highest BCUT2D eigenvalue weighted by atomic mass is 79.9. The van der Waals surface area contributed by atoms with Crippen LogP contribution in [-0.2, 0) is 17.9 Å². The zero-order valence-electron chi connectivity index (χ0n) is 17.0. The Balaban J connectivity index is 1.60. The van der Waals surface area contributed by atoms with Crippen molar-refractivity contribution in [1.82, 2.24) is 14.8 Å². The Kier molecular flexibility index (Phi) is 7.75. The average molecular weight is 491 g/mol. The van der Waals surface area contributed by atoms with Crippen LogP contribution >= 0.6 is 27.7 Å². The summed E-state index contributed by atoms with van der Waals surface area (Å²) in [6.07, 6.45) is 0. The second-order valence-corrected chi connectivity index (χ2v) is 8.29. The molecule has 0 aliphatic carbocycles. The molecular formula is C21H23BrN4O3S. The van der Waals surface area contributed by atoms with Crippen molar-refractivity contribution in [3.63, 3.8) is 0 Å². The quantitative estimate of drug-likeness (QED) is 0.438. The van der Waals surface area contributed by atoms with Crippen LogP contribution in [0, 0.1) is 6.92 Å². The lowest BCUT2D eigenvalue weighted by Crippen LogP contribution is -2.15. The smallest absolute Gasteiger partial charge is 0.234 e. The van der Waals surface area contributed by atoms with E-state index in [2.05, 4.69) is 31.4 Å². The molecule has 0 spiro atoms. The van der Waals surface area contributed by atoms with E-state index in [9.17, 15) is 4.79 Å². The van der Waals surface area contributed by atoms with Crippen molar-refractivity contribution in [2.24, 2.45) is 0 Å². The molecule has 0 aliphatic rings. The number of hydrogen-bond acceptors (Lipinski definition) is 6. The molecule has 1 amide bonds. The number of amides is 1. The molecule has 0 saturated heterocycles. The predicted octanol–water partition coefficient (Wildman–Crippen LogP) is 4.69. The van der Waals surface area contributed by atoms with Gasteiger partial charge in [-0.25, -0.2) is 0 Å². The number of carbonyl (C=O) groups is 1. The fraction of sp³-hybridized carbons (Fsp3) is 0.286. The molecule has 0 unspecified atom stereocenters. The molecule has 158 valence electrons. The zero-order valence-corrected chi connectivity index (χ0v) is 19.4. The number of carbonyl (C=O) groups excluding carboxylic acids is 1. The van der Waals surface area contributed by atoms with Crippen molar-refractivity contribution in [2.45, 2.75) is 32.2 Å². The van der Waals surface area contributed by atoms with E-state index in [-0.39, 0.29) is 18.3 Å². The summed E-state index contributed by atoms with van der Waals surface area (Å²) in [5.74, 6) is 2.14. The topological polar surface area (TPSA) is 78.3 Å². The molecule has 3 rings (SSSR count). The van der Waals surface area contributed by atoms with Gasteiger partial charge in [-0.15, -0.1) is 10.2 Å². The maximum atomic E-state index is 12.3. The van der Waals surface area contributed by atoms with Gasteiger partial charge in [0.05, 0.1) is 12.9 Å². The van der Waals surface area contributed by atoms with Crippen LogP contribution in [0.25, 0.3) is 0 Å². The molecule has 0 fully saturated rings. The minimum Gasteiger partial charge on any atom is -0.493 e. The summed E-state index contributed by atoms with van der Waals surface area (Å²) in [7, 11) is 1.62. The van der Waals surface area contributed by atoms with Gasteiger partial charge in [-0.1, -0.05) is 39.8 Å². The van der Waals surface area contributed by atoms with E-state index in [0.717, 1.165) is 15.7 Å². The number of thioether (sulfide) groups is 1. The van der Waals surface area contributed by atoms with Gasteiger partial charge in [-0.3, -0.25) is 4.79 Å². The molecule has 2 aromatic carbocycles. The normalized spacial score (nSPS) is 10.7. The second kappa shape index (κ2) is 10.5. The number of ether oxygens (including phenoxy) is 2. The van der Waals surface area contributed by atoms with Crippen LogP contribution in [0.15, 0.2) is 52.1 Å². The zero-order chi connectivity index (χ0) is 21.5. The van der Waals surface area contributed by atoms with Crippen LogP contribution in [0.2, 0.25) is 0 Å². The summed E-state index contributed by atoms with van der Waals surface area (Å²) in [5.41, 5.74) is 1.84. The van der Waals surface area contributed by atoms with Gasteiger partial charge < -0.3 is 19.4 Å². The van der Waals surface area contributed by atoms with Crippen LogP contribution < -0.4 is 14.8 Å². The van der Waals surface area contributed by atoms with Crippen LogP contribution in [0.5, 0.6) is 11.5 Å². The third-order valence-corrected chi connectivity index (χ3v) is 5.69. The largest absolute Gasteiger partial charge is 0.493 e. The van der Waals surface area contributed by atoms with Gasteiger partial charge in [0, 0.05) is 16.7 Å². The van der Waals surface area contributed by atoms with Crippen molar-refractivity contribution in [2.75, 3.05) is 18.2 Å². The van der Waals surface area contributed by atoms with Crippen LogP contribution in [-0.4, -0.2) is 33.5 Å². The Labute approximate surface area is 188 Å². The summed E-state index contributed by atoms with van der Waals surface area (Å²) >= 11 is 4.74. The molecular weight excluding hydrogens is 468 g/mol. The van der Waals surface area contributed by atoms with Gasteiger partial charge in [0.1, 0.15) is 6.61 Å². The fourth-order valence-corrected chi connectivity index (χ4v) is 4.00. The van der Waals surface area contributed by atoms with Crippen molar-refractivity contribution in [1.29, 1.82) is 0 Å². The van der Waals surface area contributed by atoms with Crippen LogP contribution in [0.1, 0.15) is 18.3 Å². The lowest BCUT2D eigenvalue weighted by Gasteiger charge is -2.12. The summed E-state index contributed by atoms with van der Waals surface area (Å²) in [4.78, 5) is 12.3. The maximum absolute atomic E-state index is 12.3. The van der Waals surface area contributed by atoms with E-state index in [1.165, 1.54) is 11.8 Å². The molecule has 1 N–H and O–H groups in total. The van der Waals surface area contributed by atoms with E-state index in [0.29, 0.717) is 29.0 Å². The number of nitrogens with zero attached hydrogens (tertiary/aromatic N) is 3. The summed E-state index contributed by atoms with van der Waals surface area (Å²) < 4.78 is 14.1. The van der Waals surface area contributed by atoms with Gasteiger partial charge >= 0.3 is 0 Å². The number of methoxy groups -OCH3 is 1. The first kappa shape index (κ1) is 22.2. The molecule has 0 saturated carbocycles. The van der Waals surface area contributed by atoms with E-state index >= 15 is 0 Å². The molecule has 0 atom stereocenters. The predicted molar refractivity (Wildman–Crippen MR) is 121 cm³/mol. The Morgan fingerprint density at radius 1 is 1.20 bits per heavy atom. The molecule has 7 nitrogen and oxygen atoms in total. The van der Waals surface area contributed by atoms with Crippen molar-refractivity contribution in [3.05, 3.63) is 58.3 Å². The third-order valence-electron chi connectivity index (χ3n) is 4.23. The molecule has 1 heterocycles. The highest BCUT2D eigenvalue weighted by Crippen LogP contribution is 2.28. The molecule has 0 bridgehead atoms. The number of hydrogen-bond donors (Lipinski definition) is 1. The van der Waals surface area contributed by atoms with Gasteiger partial charge in [0.2, 0.25) is 5.91 Å². The minimum atomic E-state index is -0.106. The van der Waals surface area contributed by atoms with Crippen molar-refractivity contribution >= 4 is 39.3 Å². The third kappa shape index (κ3) is 5.76. The van der Waals surface area contributed by atoms with E-state index in [1.54, 1.807) is 7.11 Å². The average Bonchev–Trinajstić information content (AvgIpc) is 3.13. The number of aryl methyl sites for hydroxylation is 1. The number of benzene rings is 2. The van der Waals surface area contributed by atoms with Gasteiger partial charge in [-0.2, -0.15) is 0 Å². The number of rotatable bonds is 9. The standard InChI is InChI=1S/C21H23BrN4O3S/c1-4-26-19(12-29-17-9-8-14(2)10-18(17)28-3)24-25-21(26)30-13-20(27)23-16-7-5-6-15(22)11-16/h5-11H,4,12-13H2,1-3H3,(H,23,27). The summed E-state index contributed by atoms with van der Waals surface area (Å²) in [6, 6.07) is 13.2. The first-order valence-corrected chi connectivity index (χ1v) is 11.2. The molecule has 0 aliphatic heterocycles. The second-order valence-electron chi connectivity index (χ2n) is 6.43. The highest BCUT2D eigenvalue weighted by molar-refractivity contribution is 9.10. The Morgan fingerprint density at radius 3 is 2.77 bits per heavy atom. The van der Waals surface area contributed by atoms with Gasteiger partial charge in [0.15, 0.2) is 22.5 Å². The van der Waals surface area contributed by atoms with Crippen LogP contribution in [0.4, 0.5) is 5.69 Å². The fourth-order valence-electron chi connectivity index (χ4n) is 2.78. The van der Waals surface area contributed by atoms with E-state index in [1.807, 2.05) is 60.9 Å². The summed E-state index contributed by atoms with van der Waals surface area (Å²) in [5, 5.41) is 12.0. The minimum absolute atomic E-state index is 0.106. The molecule has 3 aromatic rings. The monoisotopic (exact) mass is 490 g/mol. The molecule has 9 heteroatoms.